The molecule has 2 rings (SSSR count). The SMILES string of the molecule is CCCn1ccc(=O)n(CCCC(=O)c2cccs2)c1=O. The molecule has 2 aromatic rings. The summed E-state index contributed by atoms with van der Waals surface area (Å²) in [6, 6.07) is 5.02. The van der Waals surface area contributed by atoms with Crippen molar-refractivity contribution in [3.8, 4) is 0 Å². The van der Waals surface area contributed by atoms with Crippen molar-refractivity contribution in [1.82, 2.24) is 9.13 Å². The summed E-state index contributed by atoms with van der Waals surface area (Å²) in [7, 11) is 0. The second-order valence-electron chi connectivity index (χ2n) is 4.79. The standard InChI is InChI=1S/C15H18N2O3S/c1-2-8-16-10-7-14(19)17(15(16)20)9-3-5-12(18)13-6-4-11-21-13/h4,6-7,10-11H,2-3,5,8-9H2,1H3. The molecular weight excluding hydrogens is 288 g/mol. The zero-order valence-electron chi connectivity index (χ0n) is 11.9. The molecule has 0 aliphatic rings. The van der Waals surface area contributed by atoms with Gasteiger partial charge in [-0.05, 0) is 24.3 Å². The summed E-state index contributed by atoms with van der Waals surface area (Å²) in [5, 5.41) is 1.86. The van der Waals surface area contributed by atoms with E-state index in [9.17, 15) is 14.4 Å². The minimum absolute atomic E-state index is 0.0582. The summed E-state index contributed by atoms with van der Waals surface area (Å²) >= 11 is 1.41. The average Bonchev–Trinajstić information content (AvgIpc) is 3.00. The molecular formula is C15H18N2O3S. The maximum Gasteiger partial charge on any atom is 0.330 e. The largest absolute Gasteiger partial charge is 0.330 e. The molecule has 112 valence electrons. The van der Waals surface area contributed by atoms with E-state index in [1.165, 1.54) is 32.7 Å². The number of carbonyl (C=O) groups excluding carboxylic acids is 1. The van der Waals surface area contributed by atoms with Gasteiger partial charge in [-0.15, -0.1) is 11.3 Å². The molecule has 0 fully saturated rings. The lowest BCUT2D eigenvalue weighted by atomic mass is 10.2. The Labute approximate surface area is 126 Å². The third-order valence-electron chi connectivity index (χ3n) is 3.19. The molecule has 0 saturated carbocycles. The molecule has 0 N–H and O–H groups in total. The van der Waals surface area contributed by atoms with Crippen LogP contribution in [0.3, 0.4) is 0 Å². The van der Waals surface area contributed by atoms with Crippen molar-refractivity contribution in [1.29, 1.82) is 0 Å². The van der Waals surface area contributed by atoms with E-state index >= 15 is 0 Å². The van der Waals surface area contributed by atoms with Crippen molar-refractivity contribution < 1.29 is 4.79 Å². The normalized spacial score (nSPS) is 10.7. The quantitative estimate of drug-likeness (QED) is 0.736. The van der Waals surface area contributed by atoms with E-state index in [-0.39, 0.29) is 23.6 Å². The van der Waals surface area contributed by atoms with Gasteiger partial charge in [0.2, 0.25) is 0 Å². The van der Waals surface area contributed by atoms with Gasteiger partial charge in [-0.3, -0.25) is 14.2 Å². The lowest BCUT2D eigenvalue weighted by Gasteiger charge is -2.08. The van der Waals surface area contributed by atoms with Crippen LogP contribution in [0.1, 0.15) is 35.9 Å². The summed E-state index contributed by atoms with van der Waals surface area (Å²) in [5.41, 5.74) is -0.608. The number of nitrogens with zero attached hydrogens (tertiary/aromatic N) is 2. The number of hydrogen-bond acceptors (Lipinski definition) is 4. The van der Waals surface area contributed by atoms with Gasteiger partial charge in [0.05, 0.1) is 4.88 Å². The highest BCUT2D eigenvalue weighted by Gasteiger charge is 2.08. The molecule has 6 heteroatoms. The van der Waals surface area contributed by atoms with Gasteiger partial charge in [0.25, 0.3) is 5.56 Å². The van der Waals surface area contributed by atoms with Crippen molar-refractivity contribution >= 4 is 17.1 Å². The van der Waals surface area contributed by atoms with E-state index in [1.54, 1.807) is 6.07 Å². The average molecular weight is 306 g/mol. The fraction of sp³-hybridized carbons (Fsp3) is 0.400. The van der Waals surface area contributed by atoms with Gasteiger partial charge in [0.15, 0.2) is 5.78 Å². The Morgan fingerprint density at radius 1 is 1.24 bits per heavy atom. The summed E-state index contributed by atoms with van der Waals surface area (Å²) in [6.45, 7) is 2.84. The Morgan fingerprint density at radius 3 is 2.71 bits per heavy atom. The first-order valence-corrected chi connectivity index (χ1v) is 7.88. The van der Waals surface area contributed by atoms with Gasteiger partial charge in [0.1, 0.15) is 0 Å². The molecule has 0 bridgehead atoms. The van der Waals surface area contributed by atoms with E-state index in [2.05, 4.69) is 0 Å². The topological polar surface area (TPSA) is 61.1 Å². The van der Waals surface area contributed by atoms with Crippen molar-refractivity contribution in [2.75, 3.05) is 0 Å². The highest BCUT2D eigenvalue weighted by molar-refractivity contribution is 7.12. The monoisotopic (exact) mass is 306 g/mol. The van der Waals surface area contributed by atoms with E-state index in [0.29, 0.717) is 19.4 Å². The number of Topliss-reactive ketones (excluding diaryl/α,β-unsaturated/α-hetero) is 1. The molecule has 0 aliphatic carbocycles. The van der Waals surface area contributed by atoms with E-state index < -0.39 is 0 Å². The molecule has 2 aromatic heterocycles. The Hall–Kier alpha value is -1.95. The van der Waals surface area contributed by atoms with Crippen LogP contribution in [0, 0.1) is 0 Å². The Kier molecular flexibility index (Phi) is 5.27. The predicted molar refractivity (Wildman–Crippen MR) is 83.1 cm³/mol. The van der Waals surface area contributed by atoms with Gasteiger partial charge in [-0.2, -0.15) is 0 Å². The molecule has 21 heavy (non-hydrogen) atoms. The number of aryl methyl sites for hydroxylation is 1. The molecule has 0 radical (unpaired) electrons. The van der Waals surface area contributed by atoms with Gasteiger partial charge >= 0.3 is 5.69 Å². The summed E-state index contributed by atoms with van der Waals surface area (Å²) in [6.07, 6.45) is 3.19. The smallest absolute Gasteiger partial charge is 0.300 e. The molecule has 0 aromatic carbocycles. The Bertz CT molecular complexity index is 713. The van der Waals surface area contributed by atoms with Crippen LogP contribution in [-0.4, -0.2) is 14.9 Å². The number of hydrogen-bond donors (Lipinski definition) is 0. The number of aromatic nitrogens is 2. The van der Waals surface area contributed by atoms with Crippen LogP contribution in [0.25, 0.3) is 0 Å². The lowest BCUT2D eigenvalue weighted by molar-refractivity contribution is 0.0982. The minimum atomic E-state index is -0.309. The molecule has 0 saturated heterocycles. The van der Waals surface area contributed by atoms with Gasteiger partial charge < -0.3 is 4.57 Å². The first-order valence-electron chi connectivity index (χ1n) is 7.00. The number of ketones is 1. The summed E-state index contributed by atoms with van der Waals surface area (Å²) < 4.78 is 2.74. The van der Waals surface area contributed by atoms with Crippen LogP contribution in [0.2, 0.25) is 0 Å². The lowest BCUT2D eigenvalue weighted by Crippen LogP contribution is -2.39. The fourth-order valence-corrected chi connectivity index (χ4v) is 2.83. The number of carbonyl (C=O) groups is 1. The number of thiophene rings is 1. The molecule has 0 amide bonds. The number of rotatable bonds is 7. The van der Waals surface area contributed by atoms with Crippen LogP contribution in [0.4, 0.5) is 0 Å². The third kappa shape index (κ3) is 3.78. The molecule has 2 heterocycles. The highest BCUT2D eigenvalue weighted by Crippen LogP contribution is 2.12. The third-order valence-corrected chi connectivity index (χ3v) is 4.10. The first-order chi connectivity index (χ1) is 10.1. The van der Waals surface area contributed by atoms with Gasteiger partial charge in [-0.1, -0.05) is 13.0 Å². The van der Waals surface area contributed by atoms with Crippen molar-refractivity contribution in [3.63, 3.8) is 0 Å². The van der Waals surface area contributed by atoms with Crippen LogP contribution < -0.4 is 11.2 Å². The summed E-state index contributed by atoms with van der Waals surface area (Å²) in [5.74, 6) is 0.0582. The second kappa shape index (κ2) is 7.17. The van der Waals surface area contributed by atoms with Crippen molar-refractivity contribution in [2.45, 2.75) is 39.3 Å². The molecule has 0 spiro atoms. The zero-order chi connectivity index (χ0) is 15.2. The van der Waals surface area contributed by atoms with Crippen LogP contribution in [-0.2, 0) is 13.1 Å². The zero-order valence-corrected chi connectivity index (χ0v) is 12.8. The fourth-order valence-electron chi connectivity index (χ4n) is 2.13. The molecule has 5 nitrogen and oxygen atoms in total. The molecule has 0 unspecified atom stereocenters. The first kappa shape index (κ1) is 15.4. The Morgan fingerprint density at radius 2 is 2.05 bits per heavy atom. The van der Waals surface area contributed by atoms with E-state index in [0.717, 1.165) is 11.3 Å². The highest BCUT2D eigenvalue weighted by atomic mass is 32.1. The van der Waals surface area contributed by atoms with Crippen LogP contribution in [0.15, 0.2) is 39.4 Å². The van der Waals surface area contributed by atoms with E-state index in [4.69, 9.17) is 0 Å². The van der Waals surface area contributed by atoms with Crippen LogP contribution in [0.5, 0.6) is 0 Å². The maximum atomic E-state index is 12.1. The maximum absolute atomic E-state index is 12.1. The van der Waals surface area contributed by atoms with Gasteiger partial charge in [0, 0.05) is 31.8 Å². The molecule has 0 aliphatic heterocycles. The van der Waals surface area contributed by atoms with Crippen LogP contribution >= 0.6 is 11.3 Å². The summed E-state index contributed by atoms with van der Waals surface area (Å²) in [4.78, 5) is 36.5. The van der Waals surface area contributed by atoms with Crippen molar-refractivity contribution in [2.24, 2.45) is 0 Å². The van der Waals surface area contributed by atoms with Crippen molar-refractivity contribution in [3.05, 3.63) is 55.5 Å². The van der Waals surface area contributed by atoms with E-state index in [1.807, 2.05) is 18.4 Å². The Balaban J connectivity index is 2.03. The minimum Gasteiger partial charge on any atom is -0.300 e. The predicted octanol–water partition coefficient (Wildman–Crippen LogP) is 2.14. The second-order valence-corrected chi connectivity index (χ2v) is 5.73. The molecule has 0 atom stereocenters. The van der Waals surface area contributed by atoms with Gasteiger partial charge in [-0.25, -0.2) is 4.79 Å².